The maximum absolute atomic E-state index is 13.2. The molecule has 7 nitrogen and oxygen atoms in total. The molecule has 1 aliphatic carbocycles. The number of aromatic nitrogens is 1. The molecule has 1 amide bonds. The Bertz CT molecular complexity index is 1560. The van der Waals surface area contributed by atoms with Gasteiger partial charge in [-0.05, 0) is 79.6 Å². The molecule has 3 aromatic carbocycles. The summed E-state index contributed by atoms with van der Waals surface area (Å²) in [6.45, 7) is 1.84. The van der Waals surface area contributed by atoms with Crippen LogP contribution in [-0.4, -0.2) is 30.5 Å². The fraction of sp³-hybridized carbons (Fsp3) is 0.300. The van der Waals surface area contributed by atoms with Crippen LogP contribution in [0.5, 0.6) is 0 Å². The van der Waals surface area contributed by atoms with E-state index in [2.05, 4.69) is 15.0 Å². The number of rotatable bonds is 8. The van der Waals surface area contributed by atoms with E-state index in [1.165, 1.54) is 12.1 Å². The van der Waals surface area contributed by atoms with Gasteiger partial charge in [-0.1, -0.05) is 42.5 Å². The van der Waals surface area contributed by atoms with Gasteiger partial charge in [-0.3, -0.25) is 4.79 Å². The minimum absolute atomic E-state index is 0.0211. The molecule has 0 unspecified atom stereocenters. The molecule has 0 aliphatic heterocycles. The number of benzene rings is 3. The minimum atomic E-state index is -3.74. The minimum Gasteiger partial charge on any atom is -0.392 e. The average molecular weight is 550 g/mol. The highest BCUT2D eigenvalue weighted by Gasteiger charge is 2.30. The van der Waals surface area contributed by atoms with Crippen LogP contribution in [-0.2, 0) is 21.4 Å². The highest BCUT2D eigenvalue weighted by molar-refractivity contribution is 7.89. The monoisotopic (exact) mass is 549 g/mol. The zero-order valence-corrected chi connectivity index (χ0v) is 22.5. The second kappa shape index (κ2) is 11.3. The van der Waals surface area contributed by atoms with E-state index < -0.39 is 10.0 Å². The molecule has 1 fully saturated rings. The number of amides is 1. The summed E-state index contributed by atoms with van der Waals surface area (Å²) in [4.78, 5) is 16.3. The number of sulfonamides is 1. The summed E-state index contributed by atoms with van der Waals surface area (Å²) in [5, 5.41) is 13.2. The van der Waals surface area contributed by atoms with Crippen molar-refractivity contribution in [2.45, 2.75) is 56.2 Å². The van der Waals surface area contributed by atoms with Crippen molar-refractivity contribution in [2.24, 2.45) is 5.92 Å². The molecule has 1 saturated carbocycles. The van der Waals surface area contributed by atoms with Crippen LogP contribution < -0.4 is 10.0 Å². The molecule has 1 atom stereocenters. The number of nitrogens with one attached hydrogen (secondary N) is 3. The van der Waals surface area contributed by atoms with Gasteiger partial charge in [-0.25, -0.2) is 17.5 Å². The molecule has 0 bridgehead atoms. The van der Waals surface area contributed by atoms with E-state index in [0.29, 0.717) is 25.7 Å². The summed E-state index contributed by atoms with van der Waals surface area (Å²) in [6.07, 6.45) is 2.31. The Balaban J connectivity index is 1.19. The fourth-order valence-corrected chi connectivity index (χ4v) is 6.48. The van der Waals surface area contributed by atoms with Crippen molar-refractivity contribution in [3.05, 3.63) is 89.7 Å². The van der Waals surface area contributed by atoms with Crippen LogP contribution in [0.25, 0.3) is 22.2 Å². The van der Waals surface area contributed by atoms with Gasteiger partial charge in [0.05, 0.1) is 17.5 Å². The first-order chi connectivity index (χ1) is 18.7. The largest absolute Gasteiger partial charge is 0.392 e. The zero-order chi connectivity index (χ0) is 27.6. The smallest absolute Gasteiger partial charge is 0.240 e. The molecule has 1 aliphatic rings. The summed E-state index contributed by atoms with van der Waals surface area (Å²) in [6, 6.07) is 20.1. The molecular weight excluding hydrogens is 517 g/mol. The van der Waals surface area contributed by atoms with E-state index in [0.717, 1.165) is 33.3 Å². The van der Waals surface area contributed by atoms with Crippen LogP contribution in [0, 0.1) is 11.7 Å². The van der Waals surface area contributed by atoms with Crippen LogP contribution in [0.15, 0.2) is 77.7 Å². The summed E-state index contributed by atoms with van der Waals surface area (Å²) in [7, 11) is -3.74. The second-order valence-electron chi connectivity index (χ2n) is 10.2. The molecule has 4 N–H and O–H groups in total. The number of hydrogen-bond acceptors (Lipinski definition) is 4. The average Bonchev–Trinajstić information content (AvgIpc) is 3.37. The first-order valence-electron chi connectivity index (χ1n) is 13.1. The predicted octanol–water partition coefficient (Wildman–Crippen LogP) is 5.18. The van der Waals surface area contributed by atoms with E-state index in [1.807, 2.05) is 37.3 Å². The van der Waals surface area contributed by atoms with Gasteiger partial charge in [-0.2, -0.15) is 0 Å². The summed E-state index contributed by atoms with van der Waals surface area (Å²) < 4.78 is 42.4. The molecule has 9 heteroatoms. The van der Waals surface area contributed by atoms with Crippen molar-refractivity contribution in [3.63, 3.8) is 0 Å². The van der Waals surface area contributed by atoms with Crippen molar-refractivity contribution in [2.75, 3.05) is 0 Å². The lowest BCUT2D eigenvalue weighted by Crippen LogP contribution is -2.41. The lowest BCUT2D eigenvalue weighted by Gasteiger charge is -2.29. The van der Waals surface area contributed by atoms with Crippen LogP contribution in [0.3, 0.4) is 0 Å². The highest BCUT2D eigenvalue weighted by atomic mass is 32.2. The van der Waals surface area contributed by atoms with Gasteiger partial charge in [0.2, 0.25) is 15.9 Å². The Morgan fingerprint density at radius 2 is 1.69 bits per heavy atom. The molecular formula is C30H32FN3O4S. The molecule has 4 aromatic rings. The molecule has 204 valence electrons. The molecule has 0 spiro atoms. The Kier molecular flexibility index (Phi) is 7.83. The molecule has 1 aromatic heterocycles. The number of halogens is 1. The Morgan fingerprint density at radius 3 is 2.36 bits per heavy atom. The van der Waals surface area contributed by atoms with Crippen LogP contribution in [0.2, 0.25) is 0 Å². The van der Waals surface area contributed by atoms with Crippen molar-refractivity contribution < 1.29 is 22.7 Å². The van der Waals surface area contributed by atoms with Gasteiger partial charge in [0.25, 0.3) is 0 Å². The number of aliphatic hydroxyl groups is 1. The van der Waals surface area contributed by atoms with Gasteiger partial charge < -0.3 is 15.4 Å². The number of fused-ring (bicyclic) bond motifs is 1. The quantitative estimate of drug-likeness (QED) is 0.243. The van der Waals surface area contributed by atoms with Crippen molar-refractivity contribution >= 4 is 26.8 Å². The van der Waals surface area contributed by atoms with Gasteiger partial charge >= 0.3 is 0 Å². The van der Waals surface area contributed by atoms with Crippen molar-refractivity contribution in [1.82, 2.24) is 15.0 Å². The first-order valence-corrected chi connectivity index (χ1v) is 14.6. The zero-order valence-electron chi connectivity index (χ0n) is 21.7. The number of carbonyl (C=O) groups is 1. The number of aliphatic hydroxyl groups excluding tert-OH is 1. The van der Waals surface area contributed by atoms with E-state index in [4.69, 9.17) is 0 Å². The molecule has 0 saturated heterocycles. The second-order valence-corrected chi connectivity index (χ2v) is 12.0. The normalized spacial score (nSPS) is 18.6. The topological polar surface area (TPSA) is 111 Å². The van der Waals surface area contributed by atoms with Crippen molar-refractivity contribution in [3.8, 4) is 11.3 Å². The number of hydrogen-bond donors (Lipinski definition) is 4. The van der Waals surface area contributed by atoms with E-state index in [9.17, 15) is 22.7 Å². The summed E-state index contributed by atoms with van der Waals surface area (Å²) in [5.74, 6) is -0.568. The molecule has 39 heavy (non-hydrogen) atoms. The van der Waals surface area contributed by atoms with Crippen molar-refractivity contribution in [1.29, 1.82) is 0 Å². The van der Waals surface area contributed by atoms with E-state index in [-0.39, 0.29) is 41.2 Å². The van der Waals surface area contributed by atoms with Gasteiger partial charge in [-0.15, -0.1) is 0 Å². The third kappa shape index (κ3) is 6.21. The Labute approximate surface area is 227 Å². The summed E-state index contributed by atoms with van der Waals surface area (Å²) in [5.41, 5.74) is 4.18. The molecule has 1 heterocycles. The lowest BCUT2D eigenvalue weighted by atomic mass is 9.85. The maximum atomic E-state index is 13.2. The highest BCUT2D eigenvalue weighted by Crippen LogP contribution is 2.29. The third-order valence-corrected chi connectivity index (χ3v) is 9.02. The SMILES string of the molecule is C[C@@H](NC(=O)[C@H]1CC[C@H](NS(=O)(=O)c2ccc3cc(-c4ccc(CO)cc4)[nH]c3c2)CC1)c1ccc(F)cc1. The maximum Gasteiger partial charge on any atom is 0.240 e. The predicted molar refractivity (Wildman–Crippen MR) is 149 cm³/mol. The lowest BCUT2D eigenvalue weighted by molar-refractivity contribution is -0.126. The van der Waals surface area contributed by atoms with Gasteiger partial charge in [0.15, 0.2) is 0 Å². The molecule has 0 radical (unpaired) electrons. The van der Waals surface area contributed by atoms with E-state index in [1.54, 1.807) is 30.3 Å². The number of aromatic amines is 1. The van der Waals surface area contributed by atoms with Gasteiger partial charge in [0.1, 0.15) is 5.82 Å². The fourth-order valence-electron chi connectivity index (χ4n) is 5.15. The number of carbonyl (C=O) groups excluding carboxylic acids is 1. The Hall–Kier alpha value is -3.53. The third-order valence-electron chi connectivity index (χ3n) is 7.50. The van der Waals surface area contributed by atoms with Crippen LogP contribution in [0.1, 0.15) is 49.8 Å². The van der Waals surface area contributed by atoms with Crippen LogP contribution in [0.4, 0.5) is 4.39 Å². The first kappa shape index (κ1) is 27.1. The van der Waals surface area contributed by atoms with E-state index >= 15 is 0 Å². The van der Waals surface area contributed by atoms with Gasteiger partial charge in [0, 0.05) is 28.6 Å². The van der Waals surface area contributed by atoms with Crippen LogP contribution >= 0.6 is 0 Å². The standard InChI is InChI=1S/C30H32FN3O4S/c1-19(21-6-11-25(31)12-7-21)32-30(36)23-8-13-26(14-9-23)34-39(37,38)27-15-10-24-16-28(33-29(24)17-27)22-4-2-20(18-35)3-5-22/h2-7,10-12,15-17,19,23,26,33-35H,8-9,13-14,18H2,1H3,(H,32,36)/t19-,23-,26-/m1/s1. The Morgan fingerprint density at radius 1 is 1.00 bits per heavy atom. The number of H-pyrrole nitrogens is 1. The molecule has 5 rings (SSSR count). The summed E-state index contributed by atoms with van der Waals surface area (Å²) >= 11 is 0.